The summed E-state index contributed by atoms with van der Waals surface area (Å²) in [4.78, 5) is 14.8. The molecule has 2 atom stereocenters. The maximum atomic E-state index is 13.2. The number of unbranched alkanes of at least 4 members (excludes halogenated alkanes) is 1. The van der Waals surface area contributed by atoms with Crippen molar-refractivity contribution in [3.63, 3.8) is 0 Å². The van der Waals surface area contributed by atoms with Crippen molar-refractivity contribution in [2.24, 2.45) is 0 Å². The molecule has 8 heteroatoms. The Labute approximate surface area is 207 Å². The summed E-state index contributed by atoms with van der Waals surface area (Å²) >= 11 is 0. The number of piperidine rings is 1. The van der Waals surface area contributed by atoms with Gasteiger partial charge in [-0.1, -0.05) is 25.2 Å². The summed E-state index contributed by atoms with van der Waals surface area (Å²) in [5.74, 6) is 6.37. The summed E-state index contributed by atoms with van der Waals surface area (Å²) in [6, 6.07) is 7.44. The predicted molar refractivity (Wildman–Crippen MR) is 135 cm³/mol. The summed E-state index contributed by atoms with van der Waals surface area (Å²) in [5.41, 5.74) is 0.549. The molecule has 0 spiro atoms. The Balaban J connectivity index is 2.03. The van der Waals surface area contributed by atoms with Crippen molar-refractivity contribution in [2.75, 3.05) is 26.7 Å². The highest BCUT2D eigenvalue weighted by molar-refractivity contribution is 7.82. The van der Waals surface area contributed by atoms with Crippen LogP contribution < -0.4 is 5.32 Å². The van der Waals surface area contributed by atoms with Gasteiger partial charge in [0.2, 0.25) is 0 Å². The molecule has 1 amide bonds. The van der Waals surface area contributed by atoms with Crippen LogP contribution in [-0.2, 0) is 15.7 Å². The van der Waals surface area contributed by atoms with E-state index in [-0.39, 0.29) is 12.1 Å². The SMILES string of the molecule is CCCCN(C)C(C)C#Cc1cc(S(=O)N2CCC(NC(=O)OC(C)(C)C)CC2)ccc1C#N. The Morgan fingerprint density at radius 2 is 2.00 bits per heavy atom. The zero-order valence-electron chi connectivity index (χ0n) is 21.3. The van der Waals surface area contributed by atoms with Crippen LogP contribution in [0.5, 0.6) is 0 Å². The minimum Gasteiger partial charge on any atom is -0.444 e. The molecule has 7 nitrogen and oxygen atoms in total. The van der Waals surface area contributed by atoms with Crippen molar-refractivity contribution in [3.8, 4) is 17.9 Å². The van der Waals surface area contributed by atoms with E-state index in [2.05, 4.69) is 35.1 Å². The normalized spacial score (nSPS) is 16.8. The van der Waals surface area contributed by atoms with Crippen molar-refractivity contribution < 1.29 is 13.7 Å². The summed E-state index contributed by atoms with van der Waals surface area (Å²) < 4.78 is 20.4. The first-order chi connectivity index (χ1) is 16.0. The Morgan fingerprint density at radius 1 is 1.32 bits per heavy atom. The molecular weight excluding hydrogens is 448 g/mol. The number of rotatable bonds is 7. The Hall–Kier alpha value is -2.39. The number of hydrogen-bond donors (Lipinski definition) is 1. The van der Waals surface area contributed by atoms with Crippen LogP contribution in [0.4, 0.5) is 4.79 Å². The first-order valence-electron chi connectivity index (χ1n) is 12.0. The van der Waals surface area contributed by atoms with E-state index in [1.807, 2.05) is 39.0 Å². The lowest BCUT2D eigenvalue weighted by molar-refractivity contribution is 0.0490. The van der Waals surface area contributed by atoms with E-state index in [1.165, 1.54) is 0 Å². The highest BCUT2D eigenvalue weighted by atomic mass is 32.2. The first kappa shape index (κ1) is 27.9. The van der Waals surface area contributed by atoms with Gasteiger partial charge in [-0.3, -0.25) is 4.90 Å². The fraction of sp³-hybridized carbons (Fsp3) is 0.615. The molecule has 34 heavy (non-hydrogen) atoms. The number of benzene rings is 1. The van der Waals surface area contributed by atoms with Gasteiger partial charge in [-0.25, -0.2) is 13.3 Å². The van der Waals surface area contributed by atoms with E-state index >= 15 is 0 Å². The number of carbonyl (C=O) groups is 1. The molecule has 2 unspecified atom stereocenters. The molecule has 1 saturated heterocycles. The second kappa shape index (κ2) is 12.9. The van der Waals surface area contributed by atoms with Gasteiger partial charge >= 0.3 is 6.09 Å². The molecule has 0 saturated carbocycles. The van der Waals surface area contributed by atoms with Crippen LogP contribution in [0.15, 0.2) is 23.1 Å². The molecule has 0 radical (unpaired) electrons. The summed E-state index contributed by atoms with van der Waals surface area (Å²) in [6.45, 7) is 11.9. The number of carbonyl (C=O) groups excluding carboxylic acids is 1. The van der Waals surface area contributed by atoms with Gasteiger partial charge in [-0.05, 0) is 78.7 Å². The van der Waals surface area contributed by atoms with Crippen LogP contribution in [0.25, 0.3) is 0 Å². The summed E-state index contributed by atoms with van der Waals surface area (Å²) in [7, 11) is 0.689. The van der Waals surface area contributed by atoms with Crippen LogP contribution in [0.3, 0.4) is 0 Å². The van der Waals surface area contributed by atoms with E-state index in [0.717, 1.165) is 19.4 Å². The van der Waals surface area contributed by atoms with Crippen molar-refractivity contribution in [2.45, 2.75) is 82.9 Å². The zero-order chi connectivity index (χ0) is 25.3. The second-order valence-corrected chi connectivity index (χ2v) is 11.2. The van der Waals surface area contributed by atoms with Crippen molar-refractivity contribution in [1.82, 2.24) is 14.5 Å². The number of ether oxygens (including phenoxy) is 1. The average molecular weight is 487 g/mol. The smallest absolute Gasteiger partial charge is 0.407 e. The van der Waals surface area contributed by atoms with Gasteiger partial charge in [-0.2, -0.15) is 5.26 Å². The minimum atomic E-state index is -1.36. The van der Waals surface area contributed by atoms with Crippen LogP contribution in [0, 0.1) is 23.2 Å². The van der Waals surface area contributed by atoms with Gasteiger partial charge in [0.1, 0.15) is 22.7 Å². The predicted octanol–water partition coefficient (Wildman–Crippen LogP) is 4.04. The third kappa shape index (κ3) is 8.76. The van der Waals surface area contributed by atoms with Gasteiger partial charge in [-0.15, -0.1) is 0 Å². The average Bonchev–Trinajstić information content (AvgIpc) is 2.79. The molecule has 0 bridgehead atoms. The summed E-state index contributed by atoms with van der Waals surface area (Å²) in [6.07, 6.45) is 3.21. The zero-order valence-corrected chi connectivity index (χ0v) is 22.1. The second-order valence-electron chi connectivity index (χ2n) is 9.70. The number of amides is 1. The Morgan fingerprint density at radius 3 is 2.59 bits per heavy atom. The standard InChI is InChI=1S/C26H38N4O3S/c1-7-8-15-29(6)20(2)9-10-21-18-24(12-11-22(21)19-27)34(32)30-16-13-23(14-17-30)28-25(31)33-26(3,4)5/h11-12,18,20,23H,7-8,13-17H2,1-6H3,(H,28,31). The van der Waals surface area contributed by atoms with E-state index in [4.69, 9.17) is 4.74 Å². The quantitative estimate of drug-likeness (QED) is 0.588. The third-order valence-corrected chi connectivity index (χ3v) is 7.16. The molecule has 1 fully saturated rings. The molecule has 1 aromatic carbocycles. The molecular formula is C26H38N4O3S. The molecule has 1 aromatic rings. The van der Waals surface area contributed by atoms with E-state index in [0.29, 0.717) is 42.0 Å². The van der Waals surface area contributed by atoms with Gasteiger partial charge < -0.3 is 10.1 Å². The first-order valence-corrected chi connectivity index (χ1v) is 13.1. The topological polar surface area (TPSA) is 85.7 Å². The maximum absolute atomic E-state index is 13.2. The number of hydrogen-bond acceptors (Lipinski definition) is 5. The van der Waals surface area contributed by atoms with Crippen LogP contribution in [0.2, 0.25) is 0 Å². The minimum absolute atomic E-state index is 0.00308. The third-order valence-electron chi connectivity index (χ3n) is 5.66. The van der Waals surface area contributed by atoms with Gasteiger partial charge in [0.25, 0.3) is 0 Å². The molecule has 1 aliphatic rings. The number of nitriles is 1. The lowest BCUT2D eigenvalue weighted by Gasteiger charge is -2.31. The fourth-order valence-corrected chi connectivity index (χ4v) is 4.76. The number of nitrogens with one attached hydrogen (secondary N) is 1. The van der Waals surface area contributed by atoms with Gasteiger partial charge in [0.05, 0.1) is 16.5 Å². The summed E-state index contributed by atoms with van der Waals surface area (Å²) in [5, 5.41) is 12.4. The molecule has 1 heterocycles. The lowest BCUT2D eigenvalue weighted by Crippen LogP contribution is -2.46. The number of alkyl carbamates (subject to hydrolysis) is 1. The van der Waals surface area contributed by atoms with Crippen molar-refractivity contribution in [1.29, 1.82) is 5.26 Å². The van der Waals surface area contributed by atoms with Crippen LogP contribution >= 0.6 is 0 Å². The van der Waals surface area contributed by atoms with E-state index < -0.39 is 22.7 Å². The Kier molecular flexibility index (Phi) is 10.6. The van der Waals surface area contributed by atoms with Crippen LogP contribution in [0.1, 0.15) is 71.4 Å². The highest BCUT2D eigenvalue weighted by Gasteiger charge is 2.26. The molecule has 1 aliphatic heterocycles. The largest absolute Gasteiger partial charge is 0.444 e. The molecule has 0 aromatic heterocycles. The molecule has 0 aliphatic carbocycles. The van der Waals surface area contributed by atoms with E-state index in [9.17, 15) is 14.3 Å². The van der Waals surface area contributed by atoms with Crippen molar-refractivity contribution in [3.05, 3.63) is 29.3 Å². The van der Waals surface area contributed by atoms with Crippen LogP contribution in [-0.4, -0.2) is 63.9 Å². The van der Waals surface area contributed by atoms with Gasteiger partial charge in [0.15, 0.2) is 0 Å². The van der Waals surface area contributed by atoms with E-state index in [1.54, 1.807) is 18.2 Å². The fourth-order valence-electron chi connectivity index (χ4n) is 3.52. The van der Waals surface area contributed by atoms with Gasteiger partial charge in [0, 0.05) is 24.7 Å². The monoisotopic (exact) mass is 486 g/mol. The lowest BCUT2D eigenvalue weighted by atomic mass is 10.1. The molecule has 1 N–H and O–H groups in total. The van der Waals surface area contributed by atoms with Crippen molar-refractivity contribution >= 4 is 17.1 Å². The maximum Gasteiger partial charge on any atom is 0.407 e. The molecule has 186 valence electrons. The molecule has 2 rings (SSSR count). The number of nitrogens with zero attached hydrogens (tertiary/aromatic N) is 3. The highest BCUT2D eigenvalue weighted by Crippen LogP contribution is 2.20. The Bertz CT molecular complexity index is 963.